The van der Waals surface area contributed by atoms with Crippen molar-refractivity contribution in [2.75, 3.05) is 19.4 Å². The number of benzene rings is 3. The van der Waals surface area contributed by atoms with E-state index in [0.29, 0.717) is 5.56 Å². The SMILES string of the molecule is COc1ccc(Oc2ccc(SCCNSc3cc(C)c(C)c(C(=O)O)c3)cc2)cc1. The van der Waals surface area contributed by atoms with Crippen molar-refractivity contribution < 1.29 is 19.4 Å². The molecule has 0 heterocycles. The van der Waals surface area contributed by atoms with Crippen molar-refractivity contribution in [1.82, 2.24) is 4.72 Å². The average Bonchev–Trinajstić information content (AvgIpc) is 2.77. The predicted molar refractivity (Wildman–Crippen MR) is 127 cm³/mol. The van der Waals surface area contributed by atoms with E-state index in [2.05, 4.69) is 4.72 Å². The Morgan fingerprint density at radius 1 is 0.935 bits per heavy atom. The third kappa shape index (κ3) is 6.69. The minimum atomic E-state index is -0.891. The molecule has 31 heavy (non-hydrogen) atoms. The lowest BCUT2D eigenvalue weighted by Crippen LogP contribution is -2.08. The van der Waals surface area contributed by atoms with E-state index in [0.717, 1.165) is 50.5 Å². The number of aromatic carboxylic acids is 1. The van der Waals surface area contributed by atoms with Crippen molar-refractivity contribution in [2.24, 2.45) is 0 Å². The van der Waals surface area contributed by atoms with E-state index in [1.165, 1.54) is 11.9 Å². The second kappa shape index (κ2) is 11.1. The molecule has 0 saturated heterocycles. The molecule has 0 saturated carbocycles. The molecule has 0 radical (unpaired) electrons. The lowest BCUT2D eigenvalue weighted by Gasteiger charge is -2.10. The largest absolute Gasteiger partial charge is 0.497 e. The molecule has 0 aliphatic carbocycles. The molecule has 0 aromatic heterocycles. The number of carboxylic acids is 1. The van der Waals surface area contributed by atoms with Crippen molar-refractivity contribution in [3.05, 3.63) is 77.4 Å². The Labute approximate surface area is 191 Å². The first-order valence-corrected chi connectivity index (χ1v) is 11.6. The fourth-order valence-electron chi connectivity index (χ4n) is 2.84. The van der Waals surface area contributed by atoms with Crippen LogP contribution in [0.15, 0.2) is 70.5 Å². The average molecular weight is 456 g/mol. The molecule has 0 fully saturated rings. The number of aryl methyl sites for hydroxylation is 1. The zero-order chi connectivity index (χ0) is 22.2. The minimum Gasteiger partial charge on any atom is -0.497 e. The van der Waals surface area contributed by atoms with Gasteiger partial charge in [0.2, 0.25) is 0 Å². The molecule has 7 heteroatoms. The molecule has 0 atom stereocenters. The van der Waals surface area contributed by atoms with E-state index in [1.54, 1.807) is 24.9 Å². The number of carboxylic acid groups (broad SMARTS) is 1. The van der Waals surface area contributed by atoms with Gasteiger partial charge in [0.15, 0.2) is 0 Å². The maximum absolute atomic E-state index is 11.4. The summed E-state index contributed by atoms with van der Waals surface area (Å²) >= 11 is 3.21. The van der Waals surface area contributed by atoms with Gasteiger partial charge in [0.05, 0.1) is 12.7 Å². The summed E-state index contributed by atoms with van der Waals surface area (Å²) in [5.74, 6) is 2.35. The monoisotopic (exact) mass is 455 g/mol. The molecular weight excluding hydrogens is 430 g/mol. The molecule has 0 aliphatic rings. The molecule has 2 N–H and O–H groups in total. The predicted octanol–water partition coefficient (Wildman–Crippen LogP) is 6.19. The normalized spacial score (nSPS) is 10.7. The molecule has 0 aliphatic heterocycles. The lowest BCUT2D eigenvalue weighted by molar-refractivity contribution is 0.0695. The summed E-state index contributed by atoms with van der Waals surface area (Å²) in [6.45, 7) is 4.56. The van der Waals surface area contributed by atoms with Gasteiger partial charge in [-0.3, -0.25) is 4.72 Å². The van der Waals surface area contributed by atoms with Crippen LogP contribution in [0.1, 0.15) is 21.5 Å². The molecule has 3 aromatic carbocycles. The van der Waals surface area contributed by atoms with Crippen LogP contribution in [0.2, 0.25) is 0 Å². The van der Waals surface area contributed by atoms with Crippen LogP contribution in [0.3, 0.4) is 0 Å². The van der Waals surface area contributed by atoms with Crippen LogP contribution >= 0.6 is 23.7 Å². The maximum atomic E-state index is 11.4. The highest BCUT2D eigenvalue weighted by Crippen LogP contribution is 2.27. The van der Waals surface area contributed by atoms with Crippen molar-refractivity contribution in [2.45, 2.75) is 23.6 Å². The van der Waals surface area contributed by atoms with Crippen LogP contribution < -0.4 is 14.2 Å². The standard InChI is InChI=1S/C24H25NO4S2/c1-16-14-22(15-23(17(16)2)24(26)27)31-25-12-13-30-21-10-8-20(9-11-21)29-19-6-4-18(28-3)5-7-19/h4-11,14-15,25H,12-13H2,1-3H3,(H,26,27). The molecule has 0 amide bonds. The summed E-state index contributed by atoms with van der Waals surface area (Å²) in [6.07, 6.45) is 0. The fraction of sp³-hybridized carbons (Fsp3) is 0.208. The number of methoxy groups -OCH3 is 1. The van der Waals surface area contributed by atoms with Gasteiger partial charge in [0.1, 0.15) is 17.2 Å². The van der Waals surface area contributed by atoms with Crippen molar-refractivity contribution in [3.63, 3.8) is 0 Å². The number of carbonyl (C=O) groups is 1. The van der Waals surface area contributed by atoms with Gasteiger partial charge < -0.3 is 14.6 Å². The van der Waals surface area contributed by atoms with Gasteiger partial charge in [-0.25, -0.2) is 4.79 Å². The minimum absolute atomic E-state index is 0.357. The van der Waals surface area contributed by atoms with E-state index < -0.39 is 5.97 Å². The summed E-state index contributed by atoms with van der Waals surface area (Å²) in [6, 6.07) is 19.2. The molecule has 162 valence electrons. The van der Waals surface area contributed by atoms with Gasteiger partial charge in [-0.1, -0.05) is 0 Å². The lowest BCUT2D eigenvalue weighted by atomic mass is 10.0. The van der Waals surface area contributed by atoms with Crippen LogP contribution in [0.25, 0.3) is 0 Å². The van der Waals surface area contributed by atoms with Crippen LogP contribution in [-0.4, -0.2) is 30.5 Å². The van der Waals surface area contributed by atoms with E-state index in [9.17, 15) is 9.90 Å². The first-order valence-electron chi connectivity index (χ1n) is 9.75. The second-order valence-electron chi connectivity index (χ2n) is 6.81. The molecule has 5 nitrogen and oxygen atoms in total. The van der Waals surface area contributed by atoms with E-state index >= 15 is 0 Å². The number of hydrogen-bond acceptors (Lipinski definition) is 6. The third-order valence-corrected chi connectivity index (χ3v) is 6.49. The quantitative estimate of drug-likeness (QED) is 0.215. The van der Waals surface area contributed by atoms with Crippen LogP contribution in [0, 0.1) is 13.8 Å². The smallest absolute Gasteiger partial charge is 0.336 e. The summed E-state index contributed by atoms with van der Waals surface area (Å²) in [4.78, 5) is 13.4. The Morgan fingerprint density at radius 3 is 2.16 bits per heavy atom. The highest BCUT2D eigenvalue weighted by atomic mass is 32.2. The second-order valence-corrected chi connectivity index (χ2v) is 8.94. The first-order chi connectivity index (χ1) is 15.0. The summed E-state index contributed by atoms with van der Waals surface area (Å²) < 4.78 is 14.3. The number of rotatable bonds is 10. The van der Waals surface area contributed by atoms with E-state index in [1.807, 2.05) is 68.4 Å². The van der Waals surface area contributed by atoms with Gasteiger partial charge in [0.25, 0.3) is 0 Å². The number of nitrogens with one attached hydrogen (secondary N) is 1. The van der Waals surface area contributed by atoms with Gasteiger partial charge in [-0.15, -0.1) is 11.8 Å². The van der Waals surface area contributed by atoms with Crippen molar-refractivity contribution in [3.8, 4) is 17.2 Å². The number of ether oxygens (including phenoxy) is 2. The summed E-state index contributed by atoms with van der Waals surface area (Å²) in [5, 5.41) is 9.33. The highest BCUT2D eigenvalue weighted by molar-refractivity contribution is 7.99. The van der Waals surface area contributed by atoms with Crippen molar-refractivity contribution in [1.29, 1.82) is 0 Å². The Kier molecular flexibility index (Phi) is 8.28. The Hall–Kier alpha value is -2.61. The zero-order valence-electron chi connectivity index (χ0n) is 17.7. The van der Waals surface area contributed by atoms with Gasteiger partial charge in [-0.05, 0) is 97.6 Å². The molecule has 3 rings (SSSR count). The van der Waals surface area contributed by atoms with Crippen LogP contribution in [0.4, 0.5) is 0 Å². The van der Waals surface area contributed by atoms with Crippen LogP contribution in [0.5, 0.6) is 17.2 Å². The Bertz CT molecular complexity index is 1020. The fourth-order valence-corrected chi connectivity index (χ4v) is 4.52. The molecule has 0 unspecified atom stereocenters. The van der Waals surface area contributed by atoms with Gasteiger partial charge in [-0.2, -0.15) is 0 Å². The summed E-state index contributed by atoms with van der Waals surface area (Å²) in [7, 11) is 1.64. The first kappa shape index (κ1) is 23.1. The third-order valence-electron chi connectivity index (χ3n) is 4.65. The Balaban J connectivity index is 1.43. The Morgan fingerprint density at radius 2 is 1.55 bits per heavy atom. The van der Waals surface area contributed by atoms with E-state index in [4.69, 9.17) is 9.47 Å². The topological polar surface area (TPSA) is 67.8 Å². The van der Waals surface area contributed by atoms with E-state index in [-0.39, 0.29) is 0 Å². The van der Waals surface area contributed by atoms with Crippen molar-refractivity contribution >= 4 is 29.7 Å². The molecule has 0 bridgehead atoms. The highest BCUT2D eigenvalue weighted by Gasteiger charge is 2.11. The number of hydrogen-bond donors (Lipinski definition) is 2. The van der Waals surface area contributed by atoms with Crippen LogP contribution in [-0.2, 0) is 0 Å². The molecule has 3 aromatic rings. The van der Waals surface area contributed by atoms with Gasteiger partial charge in [0, 0.05) is 22.1 Å². The maximum Gasteiger partial charge on any atom is 0.336 e. The van der Waals surface area contributed by atoms with Gasteiger partial charge >= 0.3 is 5.97 Å². The molecular formula is C24H25NO4S2. The summed E-state index contributed by atoms with van der Waals surface area (Å²) in [5.41, 5.74) is 2.15. The number of thioether (sulfide) groups is 1. The zero-order valence-corrected chi connectivity index (χ0v) is 19.3. The molecule has 0 spiro atoms.